The van der Waals surface area contributed by atoms with Crippen LogP contribution in [0, 0.1) is 0 Å². The van der Waals surface area contributed by atoms with Crippen LogP contribution in [-0.2, 0) is 14.8 Å². The lowest BCUT2D eigenvalue weighted by molar-refractivity contribution is -0.114. The number of methoxy groups -OCH3 is 1. The van der Waals surface area contributed by atoms with Gasteiger partial charge in [0, 0.05) is 6.92 Å². The fourth-order valence-corrected chi connectivity index (χ4v) is 3.68. The molecule has 1 unspecified atom stereocenters. The summed E-state index contributed by atoms with van der Waals surface area (Å²) < 4.78 is 44.2. The Kier molecular flexibility index (Phi) is 5.52. The highest BCUT2D eigenvalue weighted by molar-refractivity contribution is 7.89. The predicted molar refractivity (Wildman–Crippen MR) is 98.8 cm³/mol. The van der Waals surface area contributed by atoms with Crippen LogP contribution in [0.25, 0.3) is 0 Å². The molecule has 2 aromatic carbocycles. The first-order chi connectivity index (χ1) is 12.9. The first kappa shape index (κ1) is 19.0. The van der Waals surface area contributed by atoms with E-state index < -0.39 is 16.1 Å². The number of hydrogen-bond acceptors (Lipinski definition) is 6. The van der Waals surface area contributed by atoms with Crippen LogP contribution in [0.5, 0.6) is 17.2 Å². The number of para-hydroxylation sites is 2. The van der Waals surface area contributed by atoms with Crippen LogP contribution in [0.1, 0.15) is 6.92 Å². The molecule has 3 rings (SSSR count). The van der Waals surface area contributed by atoms with Crippen LogP contribution in [-0.4, -0.2) is 40.7 Å². The maximum absolute atomic E-state index is 12.6. The first-order valence-corrected chi connectivity index (χ1v) is 9.71. The molecule has 0 radical (unpaired) electrons. The van der Waals surface area contributed by atoms with Crippen molar-refractivity contribution in [2.45, 2.75) is 17.9 Å². The summed E-state index contributed by atoms with van der Waals surface area (Å²) in [6, 6.07) is 11.4. The van der Waals surface area contributed by atoms with Crippen LogP contribution >= 0.6 is 0 Å². The average molecular weight is 392 g/mol. The van der Waals surface area contributed by atoms with E-state index in [1.165, 1.54) is 32.2 Å². The lowest BCUT2D eigenvalue weighted by atomic mass is 10.2. The number of fused-ring (bicyclic) bond motifs is 1. The second-order valence-electron chi connectivity index (χ2n) is 5.89. The molecule has 27 heavy (non-hydrogen) atoms. The number of sulfonamides is 1. The van der Waals surface area contributed by atoms with Crippen LogP contribution in [0.2, 0.25) is 0 Å². The van der Waals surface area contributed by atoms with E-state index in [0.717, 1.165) is 0 Å². The zero-order valence-electron chi connectivity index (χ0n) is 14.9. The van der Waals surface area contributed by atoms with E-state index in [1.54, 1.807) is 12.1 Å². The number of rotatable bonds is 6. The molecular formula is C18H20N2O6S. The Morgan fingerprint density at radius 2 is 1.96 bits per heavy atom. The Morgan fingerprint density at radius 3 is 2.67 bits per heavy atom. The van der Waals surface area contributed by atoms with Crippen molar-refractivity contribution < 1.29 is 27.4 Å². The molecule has 0 saturated carbocycles. The minimum Gasteiger partial charge on any atom is -0.495 e. The van der Waals surface area contributed by atoms with Gasteiger partial charge in [0.2, 0.25) is 15.9 Å². The molecule has 0 aromatic heterocycles. The third-order valence-corrected chi connectivity index (χ3v) is 5.28. The summed E-state index contributed by atoms with van der Waals surface area (Å²) in [6.45, 7) is 1.61. The SMILES string of the molecule is COc1ccc(S(=O)(=O)NCC2COc3ccccc3O2)cc1NC(C)=O. The van der Waals surface area contributed by atoms with Crippen LogP contribution < -0.4 is 24.2 Å². The molecule has 2 aromatic rings. The first-order valence-electron chi connectivity index (χ1n) is 8.23. The van der Waals surface area contributed by atoms with E-state index >= 15 is 0 Å². The quantitative estimate of drug-likeness (QED) is 0.777. The second-order valence-corrected chi connectivity index (χ2v) is 7.66. The third-order valence-electron chi connectivity index (χ3n) is 3.86. The van der Waals surface area contributed by atoms with E-state index in [0.29, 0.717) is 17.2 Å². The van der Waals surface area contributed by atoms with Gasteiger partial charge in [-0.2, -0.15) is 0 Å². The van der Waals surface area contributed by atoms with Crippen molar-refractivity contribution >= 4 is 21.6 Å². The molecule has 1 aliphatic rings. The molecule has 2 N–H and O–H groups in total. The molecule has 1 heterocycles. The highest BCUT2D eigenvalue weighted by Gasteiger charge is 2.24. The van der Waals surface area contributed by atoms with Crippen LogP contribution in [0.3, 0.4) is 0 Å². The largest absolute Gasteiger partial charge is 0.495 e. The number of amides is 1. The molecule has 1 atom stereocenters. The molecule has 144 valence electrons. The number of benzene rings is 2. The summed E-state index contributed by atoms with van der Waals surface area (Å²) in [5, 5.41) is 2.55. The monoisotopic (exact) mass is 392 g/mol. The summed E-state index contributed by atoms with van der Waals surface area (Å²) in [6.07, 6.45) is -0.456. The number of anilines is 1. The molecule has 1 aliphatic heterocycles. The van der Waals surface area contributed by atoms with Crippen molar-refractivity contribution in [1.82, 2.24) is 4.72 Å². The number of carbonyl (C=O) groups excluding carboxylic acids is 1. The minimum absolute atomic E-state index is 0.00387. The molecule has 1 amide bonds. The van der Waals surface area contributed by atoms with E-state index in [9.17, 15) is 13.2 Å². The highest BCUT2D eigenvalue weighted by atomic mass is 32.2. The van der Waals surface area contributed by atoms with E-state index in [4.69, 9.17) is 14.2 Å². The van der Waals surface area contributed by atoms with Crippen LogP contribution in [0.15, 0.2) is 47.4 Å². The van der Waals surface area contributed by atoms with Gasteiger partial charge in [0.05, 0.1) is 24.2 Å². The zero-order chi connectivity index (χ0) is 19.4. The summed E-state index contributed by atoms with van der Waals surface area (Å²) >= 11 is 0. The van der Waals surface area contributed by atoms with Crippen molar-refractivity contribution in [3.05, 3.63) is 42.5 Å². The Morgan fingerprint density at radius 1 is 1.22 bits per heavy atom. The Balaban J connectivity index is 1.71. The van der Waals surface area contributed by atoms with Crippen molar-refractivity contribution in [3.8, 4) is 17.2 Å². The molecule has 0 saturated heterocycles. The fourth-order valence-electron chi connectivity index (χ4n) is 2.59. The van der Waals surface area contributed by atoms with Crippen molar-refractivity contribution in [1.29, 1.82) is 0 Å². The predicted octanol–water partition coefficient (Wildman–Crippen LogP) is 1.77. The molecule has 8 nitrogen and oxygen atoms in total. The topological polar surface area (TPSA) is 103 Å². The molecule has 9 heteroatoms. The van der Waals surface area contributed by atoms with Gasteiger partial charge in [-0.15, -0.1) is 0 Å². The smallest absolute Gasteiger partial charge is 0.240 e. The van der Waals surface area contributed by atoms with Crippen molar-refractivity contribution in [2.75, 3.05) is 25.6 Å². The molecule has 0 fully saturated rings. The third kappa shape index (κ3) is 4.50. The lowest BCUT2D eigenvalue weighted by Crippen LogP contribution is -2.40. The molecule has 0 aliphatic carbocycles. The average Bonchev–Trinajstić information content (AvgIpc) is 2.66. The fraction of sp³-hybridized carbons (Fsp3) is 0.278. The van der Waals surface area contributed by atoms with E-state index in [1.807, 2.05) is 12.1 Å². The number of ether oxygens (including phenoxy) is 3. The maximum atomic E-state index is 12.6. The minimum atomic E-state index is -3.81. The summed E-state index contributed by atoms with van der Waals surface area (Å²) in [5.74, 6) is 1.24. The number of carbonyl (C=O) groups is 1. The number of nitrogens with one attached hydrogen (secondary N) is 2. The van der Waals surface area contributed by atoms with Gasteiger partial charge in [-0.25, -0.2) is 13.1 Å². The Labute approximate surface area is 157 Å². The maximum Gasteiger partial charge on any atom is 0.240 e. The van der Waals surface area contributed by atoms with Gasteiger partial charge in [0.1, 0.15) is 18.5 Å². The van der Waals surface area contributed by atoms with Crippen molar-refractivity contribution in [3.63, 3.8) is 0 Å². The van der Waals surface area contributed by atoms with Gasteiger partial charge in [-0.3, -0.25) is 4.79 Å². The standard InChI is InChI=1S/C18H20N2O6S/c1-12(21)20-15-9-14(7-8-16(15)24-2)27(22,23)19-10-13-11-25-17-5-3-4-6-18(17)26-13/h3-9,13,19H,10-11H2,1-2H3,(H,20,21). The lowest BCUT2D eigenvalue weighted by Gasteiger charge is -2.26. The van der Waals surface area contributed by atoms with Crippen molar-refractivity contribution in [2.24, 2.45) is 0 Å². The second kappa shape index (κ2) is 7.85. The van der Waals surface area contributed by atoms with Gasteiger partial charge < -0.3 is 19.5 Å². The van der Waals surface area contributed by atoms with Gasteiger partial charge in [0.15, 0.2) is 11.5 Å². The normalized spacial score (nSPS) is 15.9. The molecule has 0 bridgehead atoms. The molecule has 0 spiro atoms. The van der Waals surface area contributed by atoms with E-state index in [2.05, 4.69) is 10.0 Å². The number of hydrogen-bond donors (Lipinski definition) is 2. The Bertz CT molecular complexity index is 945. The van der Waals surface area contributed by atoms with E-state index in [-0.39, 0.29) is 29.6 Å². The summed E-state index contributed by atoms with van der Waals surface area (Å²) in [4.78, 5) is 11.3. The molecular weight excluding hydrogens is 372 g/mol. The van der Waals surface area contributed by atoms with Gasteiger partial charge in [0.25, 0.3) is 0 Å². The van der Waals surface area contributed by atoms with Crippen LogP contribution in [0.4, 0.5) is 5.69 Å². The summed E-state index contributed by atoms with van der Waals surface area (Å²) in [5.41, 5.74) is 0.277. The Hall–Kier alpha value is -2.78. The summed E-state index contributed by atoms with van der Waals surface area (Å²) in [7, 11) is -2.38. The van der Waals surface area contributed by atoms with Gasteiger partial charge in [-0.05, 0) is 30.3 Å². The highest BCUT2D eigenvalue weighted by Crippen LogP contribution is 2.31. The van der Waals surface area contributed by atoms with Gasteiger partial charge in [-0.1, -0.05) is 12.1 Å². The van der Waals surface area contributed by atoms with Gasteiger partial charge >= 0.3 is 0 Å². The zero-order valence-corrected chi connectivity index (χ0v) is 15.7.